The van der Waals surface area contributed by atoms with E-state index in [4.69, 9.17) is 19.8 Å². The fraction of sp³-hybridized carbons (Fsp3) is 0.833. The highest BCUT2D eigenvalue weighted by molar-refractivity contribution is 4.79. The van der Waals surface area contributed by atoms with Gasteiger partial charge in [-0.2, -0.15) is 0 Å². The van der Waals surface area contributed by atoms with E-state index in [1.54, 1.807) is 0 Å². The normalized spacial score (nSPS) is 13.5. The van der Waals surface area contributed by atoms with Gasteiger partial charge in [-0.25, -0.2) is 4.89 Å². The zero-order valence-electron chi connectivity index (χ0n) is 10.9. The van der Waals surface area contributed by atoms with Crippen molar-refractivity contribution in [3.63, 3.8) is 0 Å². The number of aliphatic hydroxyl groups is 1. The monoisotopic (exact) mass is 248 g/mol. The van der Waals surface area contributed by atoms with Crippen molar-refractivity contribution in [1.29, 1.82) is 0 Å². The Kier molecular flexibility index (Phi) is 8.16. The Morgan fingerprint density at radius 2 is 2.06 bits per heavy atom. The van der Waals surface area contributed by atoms with Crippen molar-refractivity contribution in [2.24, 2.45) is 5.41 Å². The first-order valence-corrected chi connectivity index (χ1v) is 5.77. The molecule has 0 aromatic carbocycles. The van der Waals surface area contributed by atoms with E-state index in [-0.39, 0.29) is 30.7 Å². The van der Waals surface area contributed by atoms with Gasteiger partial charge in [0.05, 0.1) is 19.3 Å². The Balaban J connectivity index is 3.75. The van der Waals surface area contributed by atoms with Gasteiger partial charge in [-0.1, -0.05) is 27.4 Å². The van der Waals surface area contributed by atoms with Crippen LogP contribution < -0.4 is 0 Å². The van der Waals surface area contributed by atoms with Gasteiger partial charge < -0.3 is 14.6 Å². The Morgan fingerprint density at radius 3 is 2.53 bits per heavy atom. The summed E-state index contributed by atoms with van der Waals surface area (Å²) in [4.78, 5) is 4.48. The predicted molar refractivity (Wildman–Crippen MR) is 64.3 cm³/mol. The minimum absolute atomic E-state index is 0.0457. The van der Waals surface area contributed by atoms with Crippen molar-refractivity contribution < 1.29 is 24.7 Å². The highest BCUT2D eigenvalue weighted by atomic mass is 17.1. The molecule has 0 aliphatic rings. The lowest BCUT2D eigenvalue weighted by atomic mass is 9.82. The molecule has 17 heavy (non-hydrogen) atoms. The van der Waals surface area contributed by atoms with Crippen LogP contribution in [0.5, 0.6) is 0 Å². The van der Waals surface area contributed by atoms with Gasteiger partial charge in [0.25, 0.3) is 0 Å². The molecule has 0 aromatic rings. The van der Waals surface area contributed by atoms with E-state index < -0.39 is 0 Å². The summed E-state index contributed by atoms with van der Waals surface area (Å²) in [5, 5.41) is 17.5. The van der Waals surface area contributed by atoms with Crippen LogP contribution in [-0.2, 0) is 14.4 Å². The first-order chi connectivity index (χ1) is 7.97. The van der Waals surface area contributed by atoms with E-state index in [1.807, 2.05) is 20.8 Å². The van der Waals surface area contributed by atoms with E-state index in [0.29, 0.717) is 13.0 Å². The van der Waals surface area contributed by atoms with E-state index in [0.717, 1.165) is 6.42 Å². The first kappa shape index (κ1) is 16.4. The minimum Gasteiger partial charge on any atom is -0.470 e. The Labute approximate surface area is 103 Å². The first-order valence-electron chi connectivity index (χ1n) is 5.77. The van der Waals surface area contributed by atoms with Gasteiger partial charge in [0.1, 0.15) is 5.76 Å². The van der Waals surface area contributed by atoms with Gasteiger partial charge in [0.15, 0.2) is 6.79 Å². The third kappa shape index (κ3) is 6.63. The zero-order valence-corrected chi connectivity index (χ0v) is 10.9. The third-order valence-electron chi connectivity index (χ3n) is 2.96. The molecule has 0 radical (unpaired) electrons. The maximum Gasteiger partial charge on any atom is 0.188 e. The Hall–Kier alpha value is -0.620. The molecule has 2 N–H and O–H groups in total. The number of hydrogen-bond donors (Lipinski definition) is 2. The summed E-state index contributed by atoms with van der Waals surface area (Å²) in [5.41, 5.74) is -0.104. The van der Waals surface area contributed by atoms with Crippen LogP contribution in [0.2, 0.25) is 0 Å². The second-order valence-electron chi connectivity index (χ2n) is 4.59. The van der Waals surface area contributed by atoms with Crippen LogP contribution in [0.3, 0.4) is 0 Å². The summed E-state index contributed by atoms with van der Waals surface area (Å²) in [6.45, 7) is 9.79. The molecule has 0 heterocycles. The van der Waals surface area contributed by atoms with Gasteiger partial charge in [-0.15, -0.1) is 0 Å². The maximum atomic E-state index is 8.84. The van der Waals surface area contributed by atoms with Gasteiger partial charge in [0, 0.05) is 6.42 Å². The predicted octanol–water partition coefficient (Wildman–Crippen LogP) is 2.17. The molecule has 5 nitrogen and oxygen atoms in total. The van der Waals surface area contributed by atoms with Crippen molar-refractivity contribution in [3.8, 4) is 0 Å². The largest absolute Gasteiger partial charge is 0.470 e. The fourth-order valence-corrected chi connectivity index (χ4v) is 1.23. The maximum absolute atomic E-state index is 8.84. The Morgan fingerprint density at radius 1 is 1.41 bits per heavy atom. The Bertz CT molecular complexity index is 215. The minimum atomic E-state index is -0.270. The molecule has 0 amide bonds. The second kappa shape index (κ2) is 8.47. The van der Waals surface area contributed by atoms with Crippen molar-refractivity contribution >= 4 is 0 Å². The summed E-state index contributed by atoms with van der Waals surface area (Å²) in [6, 6.07) is 0. The molecule has 5 heteroatoms. The summed E-state index contributed by atoms with van der Waals surface area (Å²) in [7, 11) is 0. The van der Waals surface area contributed by atoms with E-state index in [1.165, 1.54) is 0 Å². The van der Waals surface area contributed by atoms with Crippen molar-refractivity contribution in [2.45, 2.75) is 39.7 Å². The highest BCUT2D eigenvalue weighted by Crippen LogP contribution is 2.28. The van der Waals surface area contributed by atoms with Crippen LogP contribution >= 0.6 is 0 Å². The number of ether oxygens (including phenoxy) is 2. The molecular formula is C12H24O5. The number of aliphatic hydroxyl groups excluding tert-OH is 1. The van der Waals surface area contributed by atoms with Crippen LogP contribution in [0.4, 0.5) is 0 Å². The smallest absolute Gasteiger partial charge is 0.188 e. The van der Waals surface area contributed by atoms with Gasteiger partial charge in [-0.3, -0.25) is 5.26 Å². The highest BCUT2D eigenvalue weighted by Gasteiger charge is 2.28. The fourth-order valence-electron chi connectivity index (χ4n) is 1.23. The molecule has 0 rings (SSSR count). The van der Waals surface area contributed by atoms with Crippen LogP contribution in [-0.4, -0.2) is 36.5 Å². The molecule has 102 valence electrons. The molecular weight excluding hydrogens is 224 g/mol. The number of rotatable bonds is 10. The van der Waals surface area contributed by atoms with Crippen molar-refractivity contribution in [3.05, 3.63) is 12.3 Å². The SMILES string of the molecule is C=C(CO)OCOCCC(OO)C(C)(C)CC. The number of hydrogen-bond acceptors (Lipinski definition) is 5. The van der Waals surface area contributed by atoms with E-state index in [9.17, 15) is 0 Å². The van der Waals surface area contributed by atoms with Crippen LogP contribution in [0.1, 0.15) is 33.6 Å². The third-order valence-corrected chi connectivity index (χ3v) is 2.96. The lowest BCUT2D eigenvalue weighted by Crippen LogP contribution is -2.32. The quantitative estimate of drug-likeness (QED) is 0.204. The van der Waals surface area contributed by atoms with Crippen LogP contribution in [0.25, 0.3) is 0 Å². The molecule has 0 saturated heterocycles. The summed E-state index contributed by atoms with van der Waals surface area (Å²) in [6.07, 6.45) is 1.20. The molecule has 0 aromatic heterocycles. The second-order valence-corrected chi connectivity index (χ2v) is 4.59. The summed E-state index contributed by atoms with van der Waals surface area (Å²) >= 11 is 0. The van der Waals surface area contributed by atoms with Crippen LogP contribution in [0.15, 0.2) is 12.3 Å². The van der Waals surface area contributed by atoms with Crippen molar-refractivity contribution in [1.82, 2.24) is 0 Å². The molecule has 0 aliphatic carbocycles. The topological polar surface area (TPSA) is 68.2 Å². The molecule has 0 bridgehead atoms. The van der Waals surface area contributed by atoms with Gasteiger partial charge in [0.2, 0.25) is 0 Å². The molecule has 0 aliphatic heterocycles. The molecule has 0 fully saturated rings. The summed E-state index contributed by atoms with van der Waals surface area (Å²) in [5.74, 6) is 0.272. The lowest BCUT2D eigenvalue weighted by Gasteiger charge is -2.30. The van der Waals surface area contributed by atoms with Crippen molar-refractivity contribution in [2.75, 3.05) is 20.0 Å². The van der Waals surface area contributed by atoms with Gasteiger partial charge >= 0.3 is 0 Å². The zero-order chi connectivity index (χ0) is 13.3. The van der Waals surface area contributed by atoms with E-state index in [2.05, 4.69) is 11.5 Å². The average molecular weight is 248 g/mol. The molecule has 1 unspecified atom stereocenters. The molecule has 0 spiro atoms. The molecule has 0 saturated carbocycles. The summed E-state index contributed by atoms with van der Waals surface area (Å²) < 4.78 is 10.1. The standard InChI is InChI=1S/C12H24O5/c1-5-12(3,4)11(17-14)6-7-15-9-16-10(2)8-13/h11,13-14H,2,5-9H2,1,3-4H3. The lowest BCUT2D eigenvalue weighted by molar-refractivity contribution is -0.304. The van der Waals surface area contributed by atoms with Gasteiger partial charge in [-0.05, 0) is 11.8 Å². The average Bonchev–Trinajstić information content (AvgIpc) is 2.32. The molecule has 1 atom stereocenters. The van der Waals surface area contributed by atoms with Crippen LogP contribution in [0, 0.1) is 5.41 Å². The van der Waals surface area contributed by atoms with E-state index >= 15 is 0 Å².